The maximum absolute atomic E-state index is 12.4. The summed E-state index contributed by atoms with van der Waals surface area (Å²) in [6.07, 6.45) is -0.00979. The SMILES string of the molecule is CN(C(=O)C[C@@H](N)c1csc(CN)n1)C1CN=C(NC(N)=O)NC1=O. The van der Waals surface area contributed by atoms with E-state index in [9.17, 15) is 14.4 Å². The highest BCUT2D eigenvalue weighted by Gasteiger charge is 2.31. The van der Waals surface area contributed by atoms with Crippen LogP contribution in [0.1, 0.15) is 23.2 Å². The van der Waals surface area contributed by atoms with Crippen LogP contribution >= 0.6 is 11.3 Å². The van der Waals surface area contributed by atoms with Crippen LogP contribution in [0.25, 0.3) is 0 Å². The number of carbonyl (C=O) groups excluding carboxylic acids is 3. The van der Waals surface area contributed by atoms with Gasteiger partial charge in [0.1, 0.15) is 11.0 Å². The molecule has 0 radical (unpaired) electrons. The van der Waals surface area contributed by atoms with Gasteiger partial charge in [-0.05, 0) is 0 Å². The van der Waals surface area contributed by atoms with E-state index < -0.39 is 24.0 Å². The van der Waals surface area contributed by atoms with E-state index in [-0.39, 0.29) is 24.8 Å². The van der Waals surface area contributed by atoms with Crippen LogP contribution in [-0.2, 0) is 16.1 Å². The third kappa shape index (κ3) is 4.71. The Balaban J connectivity index is 1.96. The third-order valence-corrected chi connectivity index (χ3v) is 4.48. The molecule has 0 aliphatic carbocycles. The quantitative estimate of drug-likeness (QED) is 0.399. The lowest BCUT2D eigenvalue weighted by atomic mass is 10.1. The number of primary amides is 1. The summed E-state index contributed by atoms with van der Waals surface area (Å²) in [5, 5.41) is 7.06. The number of aliphatic imine (C=N–C) groups is 1. The second-order valence-electron chi connectivity index (χ2n) is 5.37. The van der Waals surface area contributed by atoms with E-state index in [1.54, 1.807) is 5.38 Å². The van der Waals surface area contributed by atoms with Crippen molar-refractivity contribution in [1.82, 2.24) is 20.5 Å². The van der Waals surface area contributed by atoms with Crippen LogP contribution in [0, 0.1) is 0 Å². The Hall–Kier alpha value is -2.57. The Morgan fingerprint density at radius 3 is 2.84 bits per heavy atom. The summed E-state index contributed by atoms with van der Waals surface area (Å²) >= 11 is 1.38. The molecule has 1 aliphatic heterocycles. The average molecular weight is 368 g/mol. The number of guanidine groups is 1. The molecule has 0 saturated carbocycles. The molecule has 1 aromatic rings. The van der Waals surface area contributed by atoms with E-state index >= 15 is 0 Å². The van der Waals surface area contributed by atoms with Gasteiger partial charge in [0.25, 0.3) is 5.91 Å². The molecule has 136 valence electrons. The smallest absolute Gasteiger partial charge is 0.318 e. The molecule has 0 bridgehead atoms. The lowest BCUT2D eigenvalue weighted by molar-refractivity contribution is -0.138. The van der Waals surface area contributed by atoms with Gasteiger partial charge < -0.3 is 22.1 Å². The molecule has 1 aliphatic rings. The minimum absolute atomic E-state index is 0.00689. The minimum Gasteiger partial charge on any atom is -0.351 e. The van der Waals surface area contributed by atoms with Crippen LogP contribution < -0.4 is 27.8 Å². The number of hydrogen-bond acceptors (Lipinski definition) is 8. The summed E-state index contributed by atoms with van der Waals surface area (Å²) in [7, 11) is 1.49. The summed E-state index contributed by atoms with van der Waals surface area (Å²) in [5.74, 6) is -0.832. The highest BCUT2D eigenvalue weighted by Crippen LogP contribution is 2.18. The Morgan fingerprint density at radius 1 is 1.56 bits per heavy atom. The van der Waals surface area contributed by atoms with Crippen molar-refractivity contribution < 1.29 is 14.4 Å². The molecule has 4 amide bonds. The number of likely N-dealkylation sites (N-methyl/N-ethyl adjacent to an activating group) is 1. The number of nitrogens with one attached hydrogen (secondary N) is 2. The van der Waals surface area contributed by atoms with Crippen LogP contribution in [0.4, 0.5) is 4.79 Å². The molecule has 1 unspecified atom stereocenters. The molecule has 11 nitrogen and oxygen atoms in total. The van der Waals surface area contributed by atoms with Crippen molar-refractivity contribution in [2.45, 2.75) is 25.0 Å². The molecule has 25 heavy (non-hydrogen) atoms. The Morgan fingerprint density at radius 2 is 2.28 bits per heavy atom. The fourth-order valence-corrected chi connectivity index (χ4v) is 2.92. The van der Waals surface area contributed by atoms with E-state index in [2.05, 4.69) is 20.6 Å². The number of aromatic nitrogens is 1. The molecule has 0 spiro atoms. The second-order valence-corrected chi connectivity index (χ2v) is 6.31. The molecule has 2 rings (SSSR count). The molecule has 8 N–H and O–H groups in total. The number of amides is 4. The maximum Gasteiger partial charge on any atom is 0.318 e. The van der Waals surface area contributed by atoms with Crippen LogP contribution in [0.15, 0.2) is 10.4 Å². The number of hydrogen-bond donors (Lipinski definition) is 5. The van der Waals surface area contributed by atoms with E-state index in [1.807, 2.05) is 0 Å². The molecule has 0 aromatic carbocycles. The topological polar surface area (TPSA) is 182 Å². The van der Waals surface area contributed by atoms with E-state index in [0.29, 0.717) is 12.2 Å². The zero-order valence-corrected chi connectivity index (χ0v) is 14.4. The predicted octanol–water partition coefficient (Wildman–Crippen LogP) is -2.03. The van der Waals surface area contributed by atoms with Crippen molar-refractivity contribution in [2.75, 3.05) is 13.6 Å². The Bertz CT molecular complexity index is 703. The first-order chi connectivity index (χ1) is 11.8. The zero-order valence-electron chi connectivity index (χ0n) is 13.6. The Kier molecular flexibility index (Phi) is 6.01. The normalized spacial score (nSPS) is 18.1. The molecular formula is C13H20N8O3S. The molecule has 12 heteroatoms. The third-order valence-electron chi connectivity index (χ3n) is 3.59. The first-order valence-electron chi connectivity index (χ1n) is 7.39. The lowest BCUT2D eigenvalue weighted by Crippen LogP contribution is -2.58. The first kappa shape index (κ1) is 18.8. The number of nitrogens with zero attached hydrogens (tertiary/aromatic N) is 3. The van der Waals surface area contributed by atoms with Crippen molar-refractivity contribution in [3.05, 3.63) is 16.1 Å². The van der Waals surface area contributed by atoms with Gasteiger partial charge in [-0.3, -0.25) is 20.2 Å². The van der Waals surface area contributed by atoms with Crippen molar-refractivity contribution in [2.24, 2.45) is 22.2 Å². The van der Waals surface area contributed by atoms with Gasteiger partial charge in [-0.25, -0.2) is 14.8 Å². The summed E-state index contributed by atoms with van der Waals surface area (Å²) in [5.41, 5.74) is 17.1. The number of nitrogens with two attached hydrogens (primary N) is 3. The van der Waals surface area contributed by atoms with Gasteiger partial charge >= 0.3 is 6.03 Å². The first-order valence-corrected chi connectivity index (χ1v) is 8.27. The molecule has 1 aromatic heterocycles. The molecular weight excluding hydrogens is 348 g/mol. The number of rotatable bonds is 5. The van der Waals surface area contributed by atoms with E-state index in [4.69, 9.17) is 17.2 Å². The molecule has 2 heterocycles. The van der Waals surface area contributed by atoms with Crippen molar-refractivity contribution in [3.63, 3.8) is 0 Å². The lowest BCUT2D eigenvalue weighted by Gasteiger charge is -2.29. The fraction of sp³-hybridized carbons (Fsp3) is 0.462. The standard InChI is InChI=1S/C13H20N8O3S/c1-21(8-4-17-13(19-11(8)23)20-12(16)24)10(22)2-6(15)7-5-25-9(3-14)18-7/h5-6,8H,2-4,14-15H2,1H3,(H4,16,17,19,20,23,24)/t6-,8?/m1/s1. The van der Waals surface area contributed by atoms with Gasteiger partial charge in [-0.1, -0.05) is 0 Å². The summed E-state index contributed by atoms with van der Waals surface area (Å²) in [4.78, 5) is 44.8. The van der Waals surface area contributed by atoms with Gasteiger partial charge in [0.2, 0.25) is 11.9 Å². The zero-order chi connectivity index (χ0) is 18.6. The molecule has 0 saturated heterocycles. The summed E-state index contributed by atoms with van der Waals surface area (Å²) in [6.45, 7) is 0.320. The molecule has 2 atom stereocenters. The Labute approximate surface area is 147 Å². The van der Waals surface area contributed by atoms with Gasteiger partial charge in [0.05, 0.1) is 18.3 Å². The number of urea groups is 1. The van der Waals surface area contributed by atoms with Crippen LogP contribution in [0.3, 0.4) is 0 Å². The van der Waals surface area contributed by atoms with Gasteiger partial charge in [0.15, 0.2) is 0 Å². The molecule has 0 fully saturated rings. The van der Waals surface area contributed by atoms with Gasteiger partial charge in [-0.2, -0.15) is 0 Å². The highest BCUT2D eigenvalue weighted by atomic mass is 32.1. The van der Waals surface area contributed by atoms with Crippen molar-refractivity contribution in [3.8, 4) is 0 Å². The van der Waals surface area contributed by atoms with Crippen LogP contribution in [0.2, 0.25) is 0 Å². The summed E-state index contributed by atoms with van der Waals surface area (Å²) in [6, 6.07) is -2.23. The second kappa shape index (κ2) is 8.00. The largest absolute Gasteiger partial charge is 0.351 e. The minimum atomic E-state index is -0.840. The van der Waals surface area contributed by atoms with Crippen molar-refractivity contribution >= 4 is 35.1 Å². The maximum atomic E-state index is 12.4. The van der Waals surface area contributed by atoms with E-state index in [1.165, 1.54) is 23.3 Å². The summed E-state index contributed by atoms with van der Waals surface area (Å²) < 4.78 is 0. The average Bonchev–Trinajstić information content (AvgIpc) is 3.03. The van der Waals surface area contributed by atoms with Crippen molar-refractivity contribution in [1.29, 1.82) is 0 Å². The van der Waals surface area contributed by atoms with Gasteiger partial charge in [-0.15, -0.1) is 11.3 Å². The van der Waals surface area contributed by atoms with Gasteiger partial charge in [0, 0.05) is 25.4 Å². The highest BCUT2D eigenvalue weighted by molar-refractivity contribution is 7.09. The fourth-order valence-electron chi connectivity index (χ4n) is 2.19. The van der Waals surface area contributed by atoms with E-state index in [0.717, 1.165) is 5.01 Å². The van der Waals surface area contributed by atoms with Crippen LogP contribution in [-0.4, -0.2) is 53.3 Å². The predicted molar refractivity (Wildman–Crippen MR) is 91.3 cm³/mol. The monoisotopic (exact) mass is 368 g/mol. The van der Waals surface area contributed by atoms with Crippen LogP contribution in [0.5, 0.6) is 0 Å². The number of thiazole rings is 1. The number of carbonyl (C=O) groups is 3.